The van der Waals surface area contributed by atoms with E-state index in [4.69, 9.17) is 4.99 Å². The Bertz CT molecular complexity index is 419. The number of carbonyl (C=O) groups is 1. The molecule has 0 aromatic heterocycles. The molecule has 2 atom stereocenters. The Kier molecular flexibility index (Phi) is 11.5. The molecule has 1 N–H and O–H groups in total. The van der Waals surface area contributed by atoms with Crippen molar-refractivity contribution in [3.8, 4) is 0 Å². The summed E-state index contributed by atoms with van der Waals surface area (Å²) in [4.78, 5) is 15.9. The van der Waals surface area contributed by atoms with E-state index in [0.29, 0.717) is 6.17 Å². The zero-order valence-electron chi connectivity index (χ0n) is 16.8. The van der Waals surface area contributed by atoms with Crippen LogP contribution < -0.4 is 5.32 Å². The second-order valence-corrected chi connectivity index (χ2v) is 7.34. The van der Waals surface area contributed by atoms with Gasteiger partial charge in [0.25, 0.3) is 0 Å². The fourth-order valence-electron chi connectivity index (χ4n) is 3.65. The molecule has 144 valence electrons. The topological polar surface area (TPSA) is 41.5 Å². The maximum absolute atomic E-state index is 11.1. The number of quaternary nitrogens is 1. The molecule has 1 amide bonds. The summed E-state index contributed by atoms with van der Waals surface area (Å²) < 4.78 is 1.01. The maximum atomic E-state index is 11.1. The molecule has 0 aromatic carbocycles. The van der Waals surface area contributed by atoms with E-state index in [0.717, 1.165) is 30.7 Å². The van der Waals surface area contributed by atoms with Gasteiger partial charge in [-0.2, -0.15) is 0 Å². The van der Waals surface area contributed by atoms with E-state index in [-0.39, 0.29) is 5.91 Å². The van der Waals surface area contributed by atoms with Gasteiger partial charge >= 0.3 is 0 Å². The van der Waals surface area contributed by atoms with Crippen LogP contribution in [0.4, 0.5) is 0 Å². The van der Waals surface area contributed by atoms with Crippen molar-refractivity contribution in [1.29, 1.82) is 0 Å². The van der Waals surface area contributed by atoms with Crippen LogP contribution in [-0.4, -0.2) is 48.9 Å². The van der Waals surface area contributed by atoms with Gasteiger partial charge in [-0.1, -0.05) is 38.3 Å². The average molecular weight is 351 g/mol. The van der Waals surface area contributed by atoms with Crippen LogP contribution in [0.3, 0.4) is 0 Å². The lowest BCUT2D eigenvalue weighted by Gasteiger charge is -2.38. The van der Waals surface area contributed by atoms with Gasteiger partial charge in [-0.05, 0) is 39.0 Å². The molecule has 0 fully saturated rings. The summed E-state index contributed by atoms with van der Waals surface area (Å²) in [7, 11) is 0. The zero-order valence-corrected chi connectivity index (χ0v) is 16.8. The fraction of sp³-hybridized carbons (Fsp3) is 0.810. The van der Waals surface area contributed by atoms with Crippen molar-refractivity contribution in [3.63, 3.8) is 0 Å². The molecule has 0 bridgehead atoms. The number of likely N-dealkylation sites (N-methyl/N-ethyl adjacent to an activating group) is 1. The van der Waals surface area contributed by atoms with E-state index < -0.39 is 0 Å². The van der Waals surface area contributed by atoms with Crippen LogP contribution in [0.1, 0.15) is 78.6 Å². The monoisotopic (exact) mass is 350 g/mol. The maximum Gasteiger partial charge on any atom is 0.217 e. The number of hydrogen-bond acceptors (Lipinski definition) is 2. The number of rotatable bonds is 14. The highest BCUT2D eigenvalue weighted by molar-refractivity contribution is 5.72. The van der Waals surface area contributed by atoms with Crippen LogP contribution >= 0.6 is 0 Å². The molecule has 1 heterocycles. The van der Waals surface area contributed by atoms with Gasteiger partial charge < -0.3 is 5.32 Å². The normalized spacial score (nSPS) is 22.8. The lowest BCUT2D eigenvalue weighted by molar-refractivity contribution is -0.935. The van der Waals surface area contributed by atoms with Crippen LogP contribution in [-0.2, 0) is 4.79 Å². The van der Waals surface area contributed by atoms with Crippen LogP contribution in [0.2, 0.25) is 0 Å². The fourth-order valence-corrected chi connectivity index (χ4v) is 3.65. The third-order valence-corrected chi connectivity index (χ3v) is 5.39. The van der Waals surface area contributed by atoms with Crippen molar-refractivity contribution in [1.82, 2.24) is 5.32 Å². The number of hydrogen-bond donors (Lipinski definition) is 1. The molecule has 0 aromatic rings. The minimum atomic E-state index is 0.0636. The molecular weight excluding hydrogens is 310 g/mol. The number of carbonyl (C=O) groups excluding carboxylic acids is 1. The number of aliphatic imine (C=N–C) groups is 1. The van der Waals surface area contributed by atoms with Gasteiger partial charge in [0.1, 0.15) is 6.54 Å². The SMILES string of the molecule is CCCCC/C=C/CCCCCC1N=CC[N+]1(CC)CCNC(C)=O. The molecule has 0 spiro atoms. The Labute approximate surface area is 155 Å². The second kappa shape index (κ2) is 13.1. The third-order valence-electron chi connectivity index (χ3n) is 5.39. The summed E-state index contributed by atoms with van der Waals surface area (Å²) in [6.45, 7) is 9.94. The average Bonchev–Trinajstić information content (AvgIpc) is 2.99. The predicted octanol–water partition coefficient (Wildman–Crippen LogP) is 4.46. The molecule has 0 radical (unpaired) electrons. The minimum Gasteiger partial charge on any atom is -0.351 e. The van der Waals surface area contributed by atoms with E-state index in [2.05, 4.69) is 37.5 Å². The molecule has 4 heteroatoms. The molecule has 25 heavy (non-hydrogen) atoms. The molecule has 0 saturated heterocycles. The Morgan fingerprint density at radius 2 is 1.88 bits per heavy atom. The van der Waals surface area contributed by atoms with Crippen LogP contribution in [0.15, 0.2) is 17.1 Å². The van der Waals surface area contributed by atoms with Crippen molar-refractivity contribution in [3.05, 3.63) is 12.2 Å². The van der Waals surface area contributed by atoms with Gasteiger partial charge in [0.2, 0.25) is 5.91 Å². The third kappa shape index (κ3) is 8.66. The Balaban J connectivity index is 2.19. The summed E-state index contributed by atoms with van der Waals surface area (Å²) >= 11 is 0. The highest BCUT2D eigenvalue weighted by Crippen LogP contribution is 2.23. The largest absolute Gasteiger partial charge is 0.351 e. The van der Waals surface area contributed by atoms with Crippen molar-refractivity contribution in [2.24, 2.45) is 4.99 Å². The molecule has 0 aliphatic carbocycles. The Morgan fingerprint density at radius 1 is 1.16 bits per heavy atom. The van der Waals surface area contributed by atoms with Gasteiger partial charge in [0.05, 0.1) is 25.8 Å². The summed E-state index contributed by atoms with van der Waals surface area (Å²) in [6.07, 6.45) is 18.7. The van der Waals surface area contributed by atoms with Gasteiger partial charge in [-0.15, -0.1) is 0 Å². The van der Waals surface area contributed by atoms with E-state index in [1.807, 2.05) is 0 Å². The van der Waals surface area contributed by atoms with Crippen LogP contribution in [0, 0.1) is 0 Å². The molecule has 1 aliphatic heterocycles. The smallest absolute Gasteiger partial charge is 0.217 e. The summed E-state index contributed by atoms with van der Waals surface area (Å²) in [5.41, 5.74) is 0. The van der Waals surface area contributed by atoms with Crippen LogP contribution in [0.5, 0.6) is 0 Å². The van der Waals surface area contributed by atoms with Gasteiger partial charge in [0.15, 0.2) is 6.17 Å². The first-order chi connectivity index (χ1) is 12.1. The molecular formula is C21H40N3O+. The minimum absolute atomic E-state index is 0.0636. The number of amides is 1. The van der Waals surface area contributed by atoms with Crippen molar-refractivity contribution in [2.75, 3.05) is 26.2 Å². The predicted molar refractivity (Wildman–Crippen MR) is 108 cm³/mol. The Hall–Kier alpha value is -1.16. The first-order valence-electron chi connectivity index (χ1n) is 10.4. The first kappa shape index (κ1) is 21.9. The summed E-state index contributed by atoms with van der Waals surface area (Å²) in [5, 5.41) is 2.94. The van der Waals surface area contributed by atoms with Crippen molar-refractivity contribution < 1.29 is 9.28 Å². The molecule has 2 unspecified atom stereocenters. The number of nitrogens with zero attached hydrogens (tertiary/aromatic N) is 2. The number of unbranched alkanes of at least 4 members (excludes halogenated alkanes) is 6. The van der Waals surface area contributed by atoms with Gasteiger partial charge in [-0.25, -0.2) is 4.99 Å². The van der Waals surface area contributed by atoms with E-state index in [1.54, 1.807) is 6.92 Å². The standard InChI is InChI=1S/C21H39N3O/c1-4-6-7-8-9-10-11-12-13-14-15-21-23-17-19-24(21,5-2)18-16-22-20(3)25/h9-10,17,21H,4-8,11-16,18-19H2,1-3H3/p+1/b10-9+. The van der Waals surface area contributed by atoms with E-state index in [1.165, 1.54) is 57.8 Å². The quantitative estimate of drug-likeness (QED) is 0.280. The lowest BCUT2D eigenvalue weighted by atomic mass is 10.1. The number of nitrogens with one attached hydrogen (secondary N) is 1. The first-order valence-corrected chi connectivity index (χ1v) is 10.4. The van der Waals surface area contributed by atoms with Crippen molar-refractivity contribution in [2.45, 2.75) is 84.7 Å². The highest BCUT2D eigenvalue weighted by Gasteiger charge is 2.37. The van der Waals surface area contributed by atoms with Gasteiger partial charge in [-0.3, -0.25) is 9.28 Å². The second-order valence-electron chi connectivity index (χ2n) is 7.34. The van der Waals surface area contributed by atoms with E-state index in [9.17, 15) is 4.79 Å². The molecule has 1 rings (SSSR count). The zero-order chi connectivity index (χ0) is 18.4. The summed E-state index contributed by atoms with van der Waals surface area (Å²) in [6, 6.07) is 0. The van der Waals surface area contributed by atoms with E-state index >= 15 is 0 Å². The summed E-state index contributed by atoms with van der Waals surface area (Å²) in [5.74, 6) is 0.0636. The molecule has 1 aliphatic rings. The molecule has 4 nitrogen and oxygen atoms in total. The van der Waals surface area contributed by atoms with Crippen LogP contribution in [0.25, 0.3) is 0 Å². The Morgan fingerprint density at radius 3 is 2.52 bits per heavy atom. The lowest BCUT2D eigenvalue weighted by Crippen LogP contribution is -2.55. The highest BCUT2D eigenvalue weighted by atomic mass is 16.1. The van der Waals surface area contributed by atoms with Crippen molar-refractivity contribution >= 4 is 12.1 Å². The molecule has 0 saturated carbocycles. The van der Waals surface area contributed by atoms with Gasteiger partial charge in [0, 0.05) is 13.3 Å². The number of allylic oxidation sites excluding steroid dienone is 2.